The number of methoxy groups -OCH3 is 2. The van der Waals surface area contributed by atoms with Gasteiger partial charge in [-0.05, 0) is 74.8 Å². The second-order valence-corrected chi connectivity index (χ2v) is 12.9. The Kier molecular flexibility index (Phi) is 6.76. The molecule has 1 fully saturated rings. The van der Waals surface area contributed by atoms with Crippen LogP contribution in [0, 0.1) is 11.8 Å². The summed E-state index contributed by atoms with van der Waals surface area (Å²) >= 11 is 0. The molecule has 2 heterocycles. The normalized spacial score (nSPS) is 20.8. The summed E-state index contributed by atoms with van der Waals surface area (Å²) in [6.07, 6.45) is 4.44. The first kappa shape index (κ1) is 27.6. The van der Waals surface area contributed by atoms with Crippen molar-refractivity contribution in [2.75, 3.05) is 14.2 Å². The van der Waals surface area contributed by atoms with Crippen LogP contribution in [-0.4, -0.2) is 35.6 Å². The number of ketones is 1. The third-order valence-corrected chi connectivity index (χ3v) is 9.77. The van der Waals surface area contributed by atoms with Crippen LogP contribution in [0.1, 0.15) is 73.9 Å². The first-order valence-corrected chi connectivity index (χ1v) is 15.4. The Morgan fingerprint density at radius 3 is 2.51 bits per heavy atom. The van der Waals surface area contributed by atoms with Gasteiger partial charge in [0.15, 0.2) is 5.78 Å². The Labute approximate surface area is 252 Å². The molecule has 7 rings (SSSR count). The summed E-state index contributed by atoms with van der Waals surface area (Å²) in [5, 5.41) is 2.12. The molecule has 4 aromatic carbocycles. The predicted molar refractivity (Wildman–Crippen MR) is 171 cm³/mol. The number of hydrogen-bond donors (Lipinski definition) is 0. The van der Waals surface area contributed by atoms with Gasteiger partial charge < -0.3 is 14.2 Å². The van der Waals surface area contributed by atoms with Gasteiger partial charge in [-0.15, -0.1) is 0 Å². The van der Waals surface area contributed by atoms with Crippen molar-refractivity contribution >= 4 is 38.6 Å². The topological polar surface area (TPSA) is 70.5 Å². The van der Waals surface area contributed by atoms with E-state index in [0.717, 1.165) is 68.5 Å². The molecule has 0 saturated heterocycles. The van der Waals surface area contributed by atoms with E-state index in [0.29, 0.717) is 36.2 Å². The number of Topliss-reactive ketones (excluding diaryl/α,β-unsaturated/α-hetero) is 1. The molecule has 2 aliphatic rings. The molecule has 1 aliphatic heterocycles. The van der Waals surface area contributed by atoms with Crippen LogP contribution in [0.25, 0.3) is 32.8 Å². The lowest BCUT2D eigenvalue weighted by molar-refractivity contribution is -0.0115. The number of hydrogen-bond acceptors (Lipinski definition) is 6. The van der Waals surface area contributed by atoms with Gasteiger partial charge >= 0.3 is 0 Å². The van der Waals surface area contributed by atoms with Crippen molar-refractivity contribution in [1.82, 2.24) is 9.97 Å². The van der Waals surface area contributed by atoms with Gasteiger partial charge in [0.05, 0.1) is 36.3 Å². The van der Waals surface area contributed by atoms with Crippen LogP contribution in [0.5, 0.6) is 17.2 Å². The molecule has 6 heteroatoms. The van der Waals surface area contributed by atoms with Gasteiger partial charge in [0.2, 0.25) is 0 Å². The summed E-state index contributed by atoms with van der Waals surface area (Å²) < 4.78 is 17.7. The van der Waals surface area contributed by atoms with E-state index >= 15 is 0 Å². The second-order valence-electron chi connectivity index (χ2n) is 12.9. The Morgan fingerprint density at radius 2 is 1.72 bits per heavy atom. The number of fused-ring (bicyclic) bond motifs is 9. The number of aryl methyl sites for hydroxylation is 1. The van der Waals surface area contributed by atoms with Crippen molar-refractivity contribution in [2.24, 2.45) is 11.8 Å². The highest BCUT2D eigenvalue weighted by Crippen LogP contribution is 2.56. The molecule has 6 nitrogen and oxygen atoms in total. The van der Waals surface area contributed by atoms with Crippen LogP contribution in [0.2, 0.25) is 0 Å². The number of nitrogens with zero attached hydrogens (tertiary/aromatic N) is 2. The van der Waals surface area contributed by atoms with E-state index in [1.807, 2.05) is 42.5 Å². The van der Waals surface area contributed by atoms with Gasteiger partial charge in [0.1, 0.15) is 22.8 Å². The molecule has 1 saturated carbocycles. The van der Waals surface area contributed by atoms with Crippen molar-refractivity contribution in [1.29, 1.82) is 0 Å². The maximum Gasteiger partial charge on any atom is 0.163 e. The number of carbonyl (C=O) groups excluding carboxylic acids is 1. The molecule has 0 unspecified atom stereocenters. The molecular formula is C37H38N2O4. The fraction of sp³-hybridized carbons (Fsp3) is 0.378. The highest BCUT2D eigenvalue weighted by atomic mass is 16.5. The van der Waals surface area contributed by atoms with E-state index in [-0.39, 0.29) is 11.4 Å². The predicted octanol–water partition coefficient (Wildman–Crippen LogP) is 8.46. The zero-order chi connectivity index (χ0) is 29.9. The average molecular weight is 575 g/mol. The molecule has 0 N–H and O–H groups in total. The lowest BCUT2D eigenvalue weighted by Crippen LogP contribution is -2.46. The summed E-state index contributed by atoms with van der Waals surface area (Å²) in [5.74, 6) is 3.94. The second kappa shape index (κ2) is 10.5. The van der Waals surface area contributed by atoms with Crippen molar-refractivity contribution < 1.29 is 19.0 Å². The van der Waals surface area contributed by atoms with Crippen LogP contribution < -0.4 is 14.2 Å². The summed E-state index contributed by atoms with van der Waals surface area (Å²) in [5.41, 5.74) is 5.93. The molecule has 1 aliphatic carbocycles. The molecule has 3 atom stereocenters. The number of benzene rings is 4. The Morgan fingerprint density at radius 1 is 0.930 bits per heavy atom. The molecule has 0 radical (unpaired) electrons. The van der Waals surface area contributed by atoms with Gasteiger partial charge in [-0.2, -0.15) is 0 Å². The third-order valence-electron chi connectivity index (χ3n) is 9.77. The lowest BCUT2D eigenvalue weighted by Gasteiger charge is -2.49. The highest BCUT2D eigenvalue weighted by Gasteiger charge is 2.47. The smallest absolute Gasteiger partial charge is 0.163 e. The van der Waals surface area contributed by atoms with Crippen molar-refractivity contribution in [3.8, 4) is 17.2 Å². The van der Waals surface area contributed by atoms with E-state index in [4.69, 9.17) is 24.2 Å². The number of carbonyl (C=O) groups is 1. The van der Waals surface area contributed by atoms with E-state index < -0.39 is 0 Å². The van der Waals surface area contributed by atoms with Crippen LogP contribution in [0.15, 0.2) is 60.7 Å². The van der Waals surface area contributed by atoms with Crippen molar-refractivity contribution in [2.45, 2.75) is 64.4 Å². The molecule has 0 spiro atoms. The van der Waals surface area contributed by atoms with Gasteiger partial charge in [-0.3, -0.25) is 4.79 Å². The first-order valence-electron chi connectivity index (χ1n) is 15.4. The van der Waals surface area contributed by atoms with Crippen LogP contribution >= 0.6 is 0 Å². The third kappa shape index (κ3) is 4.68. The monoisotopic (exact) mass is 574 g/mol. The SMILES string of the molecule is COc1ccc(CCC(=O)c2ccc3nc4c5c(c6ccccc6c4nc3c2)OC(C)(C)[C@H]2CC[C@H](C)C[C@H]52)c(OC)c1. The van der Waals surface area contributed by atoms with Gasteiger partial charge in [-0.1, -0.05) is 43.7 Å². The quantitative estimate of drug-likeness (QED) is 0.115. The number of rotatable bonds is 6. The van der Waals surface area contributed by atoms with Crippen molar-refractivity contribution in [3.05, 3.63) is 77.4 Å². The number of aromatic nitrogens is 2. The summed E-state index contributed by atoms with van der Waals surface area (Å²) in [6.45, 7) is 6.86. The maximum absolute atomic E-state index is 13.4. The van der Waals surface area contributed by atoms with Crippen molar-refractivity contribution in [3.63, 3.8) is 0 Å². The fourth-order valence-corrected chi connectivity index (χ4v) is 7.52. The minimum absolute atomic E-state index is 0.0617. The molecular weight excluding hydrogens is 536 g/mol. The fourth-order valence-electron chi connectivity index (χ4n) is 7.52. The summed E-state index contributed by atoms with van der Waals surface area (Å²) in [7, 11) is 3.26. The lowest BCUT2D eigenvalue weighted by atomic mass is 9.64. The standard InChI is InChI=1S/C37H38N2O4/c1-21-10-15-28-27(18-21)33-35-34(25-8-6-7-9-26(25)36(33)43-37(28,2)3)39-30-19-23(12-16-29(30)38-35)31(40)17-13-22-11-14-24(41-4)20-32(22)42-5/h6-9,11-12,14,16,19-21,27-28H,10,13,15,17-18H2,1-5H3/t21-,27-,28-/m0/s1. The van der Waals surface area contributed by atoms with E-state index in [1.165, 1.54) is 12.0 Å². The first-order chi connectivity index (χ1) is 20.8. The molecule has 220 valence electrons. The zero-order valence-electron chi connectivity index (χ0n) is 25.6. The molecule has 1 aromatic heterocycles. The van der Waals surface area contributed by atoms with Gasteiger partial charge in [0.25, 0.3) is 0 Å². The zero-order valence-corrected chi connectivity index (χ0v) is 25.6. The van der Waals surface area contributed by atoms with Crippen LogP contribution in [0.3, 0.4) is 0 Å². The Bertz CT molecular complexity index is 1900. The summed E-state index contributed by atoms with van der Waals surface area (Å²) in [4.78, 5) is 23.8. The number of ether oxygens (including phenoxy) is 3. The Balaban J connectivity index is 1.31. The van der Waals surface area contributed by atoms with E-state index in [9.17, 15) is 4.79 Å². The van der Waals surface area contributed by atoms with Gasteiger partial charge in [0, 0.05) is 40.3 Å². The molecule has 0 bridgehead atoms. The summed E-state index contributed by atoms with van der Waals surface area (Å²) in [6, 6.07) is 19.8. The highest BCUT2D eigenvalue weighted by molar-refractivity contribution is 6.11. The molecule has 43 heavy (non-hydrogen) atoms. The molecule has 5 aromatic rings. The van der Waals surface area contributed by atoms with Gasteiger partial charge in [-0.25, -0.2) is 9.97 Å². The minimum Gasteiger partial charge on any atom is -0.497 e. The van der Waals surface area contributed by atoms with E-state index in [1.54, 1.807) is 14.2 Å². The molecule has 0 amide bonds. The Hall–Kier alpha value is -4.19. The van der Waals surface area contributed by atoms with Crippen LogP contribution in [-0.2, 0) is 6.42 Å². The largest absolute Gasteiger partial charge is 0.497 e. The van der Waals surface area contributed by atoms with Crippen LogP contribution in [0.4, 0.5) is 0 Å². The van der Waals surface area contributed by atoms with E-state index in [2.05, 4.69) is 39.0 Å². The average Bonchev–Trinajstić information content (AvgIpc) is 3.02. The minimum atomic E-state index is -0.246. The maximum atomic E-state index is 13.4.